The Morgan fingerprint density at radius 1 is 0.260 bits per heavy atom. The van der Waals surface area contributed by atoms with Gasteiger partial charge in [-0.1, -0.05) is 274 Å². The molecule has 0 saturated heterocycles. The Morgan fingerprint density at radius 3 is 0.685 bits per heavy atom. The van der Waals surface area contributed by atoms with Crippen molar-refractivity contribution in [1.29, 1.82) is 0 Å². The first-order valence-electron chi connectivity index (χ1n) is 50.2. The fourth-order valence-corrected chi connectivity index (χ4v) is 18.0. The van der Waals surface area contributed by atoms with Crippen molar-refractivity contribution in [1.82, 2.24) is 19.6 Å². The van der Waals surface area contributed by atoms with Gasteiger partial charge in [0.05, 0.1) is 44.9 Å². The van der Waals surface area contributed by atoms with E-state index >= 15 is 0 Å². The van der Waals surface area contributed by atoms with Gasteiger partial charge >= 0.3 is 24.7 Å². The molecule has 4 amide bonds. The first-order chi connectivity index (χ1) is 69.2. The van der Waals surface area contributed by atoms with Crippen LogP contribution in [-0.4, -0.2) is 97.6 Å². The average Bonchev–Trinajstić information content (AvgIpc) is 1.60. The summed E-state index contributed by atoms with van der Waals surface area (Å²) in [5, 5.41) is 0. The van der Waals surface area contributed by atoms with Crippen LogP contribution in [0, 0.1) is 23.7 Å². The molecule has 12 nitrogen and oxygen atoms in total. The summed E-state index contributed by atoms with van der Waals surface area (Å²) in [4.78, 5) is 60.3. The summed E-state index contributed by atoms with van der Waals surface area (Å²) in [6.45, 7) is 23.1. The molecule has 24 heteroatoms. The Kier molecular flexibility index (Phi) is 40.1. The molecule has 0 spiro atoms. The average molecular weight is 2010 g/mol. The number of ether oxygens (including phenoxy) is 4. The maximum atomic E-state index is 13.5. The van der Waals surface area contributed by atoms with Gasteiger partial charge in [0.25, 0.3) is 0 Å². The summed E-state index contributed by atoms with van der Waals surface area (Å²) in [5.74, 6) is 3.30. The number of likely N-dealkylation sites (N-methyl/N-ethyl adjacent to an activating group) is 4. The van der Waals surface area contributed by atoms with Crippen LogP contribution in [0.3, 0.4) is 0 Å². The highest BCUT2D eigenvalue weighted by Gasteiger charge is 2.54. The highest BCUT2D eigenvalue weighted by atomic mass is 19.4. The molecule has 14 rings (SSSR count). The molecule has 0 aliphatic heterocycles. The molecule has 2 unspecified atom stereocenters. The number of hydrogen-bond donors (Lipinski definition) is 0. The second-order valence-corrected chi connectivity index (χ2v) is 40.2. The van der Waals surface area contributed by atoms with E-state index in [4.69, 9.17) is 18.9 Å². The maximum absolute atomic E-state index is 13.5. The smallest absolute Gasteiger partial charge is 0.416 e. The van der Waals surface area contributed by atoms with Gasteiger partial charge in [-0.05, 0) is 253 Å². The second-order valence-electron chi connectivity index (χ2n) is 40.2. The van der Waals surface area contributed by atoms with Gasteiger partial charge in [0.1, 0.15) is 47.4 Å². The largest absolute Gasteiger partial charge is 0.486 e. The zero-order valence-corrected chi connectivity index (χ0v) is 85.7. The van der Waals surface area contributed by atoms with Gasteiger partial charge in [0.2, 0.25) is 23.6 Å². The molecule has 0 N–H and O–H groups in total. The van der Waals surface area contributed by atoms with Crippen LogP contribution in [0.15, 0.2) is 315 Å². The Morgan fingerprint density at radius 2 is 0.473 bits per heavy atom. The van der Waals surface area contributed by atoms with E-state index in [0.29, 0.717) is 98.5 Å². The molecule has 2 fully saturated rings. The van der Waals surface area contributed by atoms with E-state index in [2.05, 4.69) is 128 Å². The zero-order chi connectivity index (χ0) is 106. The predicted octanol–water partition coefficient (Wildman–Crippen LogP) is 30.6. The molecule has 2 saturated carbocycles. The van der Waals surface area contributed by atoms with Gasteiger partial charge in [0, 0.05) is 80.1 Å². The quantitative estimate of drug-likeness (QED) is 0.0349. The first kappa shape index (κ1) is 113. The molecule has 2 aliphatic rings. The predicted molar refractivity (Wildman–Crippen MR) is 553 cm³/mol. The first-order valence-corrected chi connectivity index (χ1v) is 50.2. The topological polar surface area (TPSA) is 118 Å². The van der Waals surface area contributed by atoms with Crippen LogP contribution < -0.4 is 18.9 Å². The molecule has 0 radical (unpaired) electrons. The van der Waals surface area contributed by atoms with Gasteiger partial charge in [-0.25, -0.2) is 0 Å². The summed E-state index contributed by atoms with van der Waals surface area (Å²) in [6.07, 6.45) is -9.91. The van der Waals surface area contributed by atoms with E-state index in [1.54, 1.807) is 33.7 Å². The maximum Gasteiger partial charge on any atom is 0.416 e. The van der Waals surface area contributed by atoms with Crippen LogP contribution in [0.2, 0.25) is 0 Å². The lowest BCUT2D eigenvalue weighted by molar-refractivity contribution is -0.138. The molecule has 2 aliphatic carbocycles. The van der Waals surface area contributed by atoms with Gasteiger partial charge < -0.3 is 38.5 Å². The molecule has 12 aromatic rings. The molecule has 12 aromatic carbocycles. The monoisotopic (exact) mass is 2010 g/mol. The number of amides is 4. The lowest BCUT2D eigenvalue weighted by atomic mass is 9.92. The Balaban J connectivity index is 0.000000185. The van der Waals surface area contributed by atoms with Crippen molar-refractivity contribution in [3.63, 3.8) is 0 Å². The molecule has 0 bridgehead atoms. The van der Waals surface area contributed by atoms with E-state index in [0.717, 1.165) is 144 Å². The third kappa shape index (κ3) is 33.5. The van der Waals surface area contributed by atoms with Crippen LogP contribution in [0.25, 0.3) is 0 Å². The Labute approximate surface area is 852 Å². The number of hydrogen-bond acceptors (Lipinski definition) is 8. The van der Waals surface area contributed by atoms with Crippen LogP contribution in [0.5, 0.6) is 23.0 Å². The molecule has 146 heavy (non-hydrogen) atoms. The van der Waals surface area contributed by atoms with Gasteiger partial charge in [-0.2, -0.15) is 52.7 Å². The van der Waals surface area contributed by atoms with Crippen molar-refractivity contribution < 1.29 is 90.8 Å². The number of rotatable bonds is 40. The van der Waals surface area contributed by atoms with E-state index in [1.165, 1.54) is 70.8 Å². The van der Waals surface area contributed by atoms with Crippen molar-refractivity contribution in [2.24, 2.45) is 23.7 Å². The van der Waals surface area contributed by atoms with Crippen molar-refractivity contribution in [3.8, 4) is 23.0 Å². The normalized spacial score (nSPS) is 14.3. The van der Waals surface area contributed by atoms with Gasteiger partial charge in [-0.3, -0.25) is 19.2 Å². The summed E-state index contributed by atoms with van der Waals surface area (Å²) < 4.78 is 180. The summed E-state index contributed by atoms with van der Waals surface area (Å²) in [5.41, 5.74) is 8.94. The lowest BCUT2D eigenvalue weighted by Gasteiger charge is -2.27. The highest BCUT2D eigenvalue weighted by Crippen LogP contribution is 2.52. The van der Waals surface area contributed by atoms with Gasteiger partial charge in [0.15, 0.2) is 0 Å². The number of carbonyl (C=O) groups is 4. The summed E-state index contributed by atoms with van der Waals surface area (Å²) in [6, 6.07) is 90.2. The molecule has 776 valence electrons. The minimum Gasteiger partial charge on any atom is -0.486 e. The van der Waals surface area contributed by atoms with Crippen molar-refractivity contribution in [3.05, 3.63) is 404 Å². The standard InChI is InChI=1S/2C31H34F3NO2.2C30H34F3NO2/c2*1-22(2)21-23-9-11-25(12-10-23)30(18-19-30)29(36)35(3)20-17-28(24-7-5-4-6-8-24)37-27-15-13-26(14-16-27)31(32,33)34;2*1-21(2)19-23-9-8-12-25(20-23)22(3)29(35)34(4)18-17-28(24-10-6-5-7-11-24)36-27-15-13-26(14-16-27)30(31,32)33/h2*4-16,22,28H,17-21H2,1-3H3;2*5-16,20-22,28H,17-19H2,1-4H3/t2*28-;2*22?,28-/m1010/s1. The van der Waals surface area contributed by atoms with Crippen LogP contribution in [0.4, 0.5) is 52.7 Å². The van der Waals surface area contributed by atoms with E-state index in [-0.39, 0.29) is 35.5 Å². The zero-order valence-electron chi connectivity index (χ0n) is 85.7. The molecular weight excluding hydrogens is 1880 g/mol. The third-order valence-corrected chi connectivity index (χ3v) is 26.4. The Bertz CT molecular complexity index is 5670. The number of benzene rings is 12. The SMILES string of the molecule is CC(C)Cc1ccc(C2(C(=O)N(C)CC[C@@H](Oc3ccc(C(F)(F)F)cc3)c3ccccc3)CC2)cc1.CC(C)Cc1ccc(C2(C(=O)N(C)CC[C@H](Oc3ccc(C(F)(F)F)cc3)c3ccccc3)CC2)cc1.CC(C)Cc1cccc(C(C)C(=O)N(C)CC[C@@H](Oc2ccc(C(F)(F)F)cc2)c2ccccc2)c1.CC(C)Cc1cccc(C(C)C(=O)N(C)CC[C@H](Oc2ccc(C(F)(F)F)cc2)c2ccccc2)c1. The molecule has 0 aromatic heterocycles. The highest BCUT2D eigenvalue weighted by molar-refractivity contribution is 5.92. The van der Waals surface area contributed by atoms with Crippen LogP contribution in [0.1, 0.15) is 246 Å². The van der Waals surface area contributed by atoms with E-state index < -0.39 is 82.2 Å². The Hall–Kier alpha value is -13.1. The lowest BCUT2D eigenvalue weighted by Crippen LogP contribution is -2.37. The van der Waals surface area contributed by atoms with Crippen molar-refractivity contribution in [2.45, 2.75) is 218 Å². The minimum atomic E-state index is -4.40. The fraction of sp³-hybridized carbons (Fsp3) is 0.377. The number of carbonyl (C=O) groups excluding carboxylic acids is 4. The second kappa shape index (κ2) is 51.8. The van der Waals surface area contributed by atoms with Crippen molar-refractivity contribution >= 4 is 23.6 Å². The van der Waals surface area contributed by atoms with E-state index in [9.17, 15) is 71.9 Å². The third-order valence-electron chi connectivity index (χ3n) is 26.4. The minimum absolute atomic E-state index is 0.0121. The molecule has 6 atom stereocenters. The van der Waals surface area contributed by atoms with E-state index in [1.807, 2.05) is 174 Å². The summed E-state index contributed by atoms with van der Waals surface area (Å²) >= 11 is 0. The fourth-order valence-electron chi connectivity index (χ4n) is 18.0. The number of alkyl halides is 12. The number of nitrogens with zero attached hydrogens (tertiary/aromatic N) is 4. The van der Waals surface area contributed by atoms with Gasteiger partial charge in [-0.15, -0.1) is 0 Å². The molecule has 0 heterocycles. The number of halogens is 12. The van der Waals surface area contributed by atoms with Crippen molar-refractivity contribution in [2.75, 3.05) is 54.4 Å². The van der Waals surface area contributed by atoms with Crippen LogP contribution in [-0.2, 0) is 80.4 Å². The summed E-state index contributed by atoms with van der Waals surface area (Å²) in [7, 11) is 7.18. The molecular formula is C122H136F12N4O8. The van der Waals surface area contributed by atoms with Crippen LogP contribution >= 0.6 is 0 Å².